The molecule has 0 saturated carbocycles. The molecule has 0 spiro atoms. The Bertz CT molecular complexity index is 513. The second-order valence-corrected chi connectivity index (χ2v) is 6.13. The van der Waals surface area contributed by atoms with Gasteiger partial charge in [0.1, 0.15) is 0 Å². The topological polar surface area (TPSA) is 113 Å². The van der Waals surface area contributed by atoms with Crippen molar-refractivity contribution >= 4 is 16.1 Å². The molecule has 134 valence electrons. The first-order chi connectivity index (χ1) is 10.7. The lowest BCUT2D eigenvalue weighted by molar-refractivity contribution is -0.234. The molecule has 0 aromatic heterocycles. The van der Waals surface area contributed by atoms with Gasteiger partial charge in [0, 0.05) is 6.42 Å². The molecule has 1 aromatic rings. The fourth-order valence-corrected chi connectivity index (χ4v) is 1.76. The summed E-state index contributed by atoms with van der Waals surface area (Å²) in [5.74, 6) is -0.538. The van der Waals surface area contributed by atoms with Crippen molar-refractivity contribution in [3.05, 3.63) is 29.8 Å². The second kappa shape index (κ2) is 14.1. The summed E-state index contributed by atoms with van der Waals surface area (Å²) in [4.78, 5) is 13.6. The van der Waals surface area contributed by atoms with E-state index in [9.17, 15) is 13.2 Å². The van der Waals surface area contributed by atoms with Gasteiger partial charge in [0.05, 0.1) is 4.90 Å². The number of carbonyl (C=O) groups excluding carboxylic acids is 1. The Morgan fingerprint density at radius 2 is 1.65 bits per heavy atom. The molecule has 8 heteroatoms. The Hall–Kier alpha value is -1.48. The Kier molecular flexibility index (Phi) is 14.6. The maximum atomic E-state index is 10.5. The van der Waals surface area contributed by atoms with Crippen LogP contribution in [-0.4, -0.2) is 38.3 Å². The Labute approximate surface area is 138 Å². The fourth-order valence-electron chi connectivity index (χ4n) is 1.28. The SMILES string of the molecule is CCCCCC(=O)OO.CNC.Cc1ccc(S(=O)(=O)O)cc1. The summed E-state index contributed by atoms with van der Waals surface area (Å²) >= 11 is 0. The van der Waals surface area contributed by atoms with Crippen molar-refractivity contribution in [2.75, 3.05) is 14.1 Å². The standard InChI is InChI=1S/C7H8O3S.C6H12O3.C2H7N/c1-6-2-4-7(5-3-6)11(8,9)10;1-2-3-4-5-6(7)9-8;1-3-2/h2-5H,1H3,(H,8,9,10);8H,2-5H2,1H3;3H,1-2H3. The highest BCUT2D eigenvalue weighted by Crippen LogP contribution is 2.08. The molecule has 7 nitrogen and oxygen atoms in total. The molecule has 0 fully saturated rings. The zero-order chi connectivity index (χ0) is 18.3. The summed E-state index contributed by atoms with van der Waals surface area (Å²) in [5, 5.41) is 10.5. The lowest BCUT2D eigenvalue weighted by Gasteiger charge is -1.95. The molecule has 0 saturated heterocycles. The lowest BCUT2D eigenvalue weighted by Crippen LogP contribution is -1.99. The average Bonchev–Trinajstić information content (AvgIpc) is 2.48. The van der Waals surface area contributed by atoms with Crippen molar-refractivity contribution in [2.45, 2.75) is 44.4 Å². The van der Waals surface area contributed by atoms with Gasteiger partial charge in [0.25, 0.3) is 10.1 Å². The van der Waals surface area contributed by atoms with E-state index in [2.05, 4.69) is 10.2 Å². The Balaban J connectivity index is 0. The van der Waals surface area contributed by atoms with Gasteiger partial charge < -0.3 is 10.2 Å². The van der Waals surface area contributed by atoms with Crippen molar-refractivity contribution in [3.8, 4) is 0 Å². The first kappa shape index (κ1) is 23.8. The van der Waals surface area contributed by atoms with Crippen LogP contribution in [0.2, 0.25) is 0 Å². The minimum absolute atomic E-state index is 0.0666. The number of carbonyl (C=O) groups is 1. The maximum Gasteiger partial charge on any atom is 0.342 e. The van der Waals surface area contributed by atoms with Crippen LogP contribution in [0.15, 0.2) is 29.2 Å². The Morgan fingerprint density at radius 3 is 2.00 bits per heavy atom. The number of benzene rings is 1. The molecule has 0 amide bonds. The highest BCUT2D eigenvalue weighted by atomic mass is 32.2. The maximum absolute atomic E-state index is 10.5. The molecule has 0 aliphatic heterocycles. The third-order valence-corrected chi connectivity index (χ3v) is 3.27. The summed E-state index contributed by atoms with van der Waals surface area (Å²) in [7, 11) is -0.270. The number of rotatable bonds is 5. The van der Waals surface area contributed by atoms with Crippen LogP contribution in [0.4, 0.5) is 0 Å². The summed E-state index contributed by atoms with van der Waals surface area (Å²) in [6, 6.07) is 5.99. The van der Waals surface area contributed by atoms with Crippen LogP contribution in [0, 0.1) is 6.92 Å². The van der Waals surface area contributed by atoms with Gasteiger partial charge in [-0.2, -0.15) is 13.7 Å². The molecule has 23 heavy (non-hydrogen) atoms. The van der Waals surface area contributed by atoms with Gasteiger partial charge in [-0.1, -0.05) is 37.5 Å². The molecule has 0 atom stereocenters. The second-order valence-electron chi connectivity index (χ2n) is 4.71. The third kappa shape index (κ3) is 15.2. The lowest BCUT2D eigenvalue weighted by atomic mass is 10.2. The predicted octanol–water partition coefficient (Wildman–Crippen LogP) is 2.66. The van der Waals surface area contributed by atoms with E-state index in [0.29, 0.717) is 6.42 Å². The zero-order valence-corrected chi connectivity index (χ0v) is 14.9. The van der Waals surface area contributed by atoms with E-state index >= 15 is 0 Å². The van der Waals surface area contributed by atoms with E-state index in [4.69, 9.17) is 9.81 Å². The van der Waals surface area contributed by atoms with Crippen LogP contribution in [0.3, 0.4) is 0 Å². The first-order valence-corrected chi connectivity index (χ1v) is 8.63. The fraction of sp³-hybridized carbons (Fsp3) is 0.533. The van der Waals surface area contributed by atoms with Gasteiger partial charge in [0.15, 0.2) is 0 Å². The summed E-state index contributed by atoms with van der Waals surface area (Å²) in [6.45, 7) is 3.89. The molecule has 1 rings (SSSR count). The van der Waals surface area contributed by atoms with E-state index < -0.39 is 16.1 Å². The quantitative estimate of drug-likeness (QED) is 0.324. The molecule has 0 radical (unpaired) electrons. The minimum Gasteiger partial charge on any atom is -0.323 e. The predicted molar refractivity (Wildman–Crippen MR) is 88.8 cm³/mol. The molecule has 0 bridgehead atoms. The highest BCUT2D eigenvalue weighted by molar-refractivity contribution is 7.85. The van der Waals surface area contributed by atoms with Crippen LogP contribution in [0.25, 0.3) is 0 Å². The van der Waals surface area contributed by atoms with Crippen molar-refractivity contribution in [1.82, 2.24) is 5.32 Å². The summed E-state index contributed by atoms with van der Waals surface area (Å²) in [5.41, 5.74) is 0.956. The normalized spacial score (nSPS) is 9.83. The number of unbranched alkanes of at least 4 members (excludes halogenated alkanes) is 2. The molecule has 0 aliphatic rings. The van der Waals surface area contributed by atoms with Crippen LogP contribution < -0.4 is 5.32 Å². The number of nitrogens with one attached hydrogen (secondary N) is 1. The van der Waals surface area contributed by atoms with Gasteiger partial charge >= 0.3 is 5.97 Å². The summed E-state index contributed by atoms with van der Waals surface area (Å²) < 4.78 is 29.6. The van der Waals surface area contributed by atoms with Gasteiger partial charge in [-0.05, 0) is 39.6 Å². The van der Waals surface area contributed by atoms with E-state index in [-0.39, 0.29) is 4.90 Å². The Morgan fingerprint density at radius 1 is 1.17 bits per heavy atom. The molecule has 3 N–H and O–H groups in total. The van der Waals surface area contributed by atoms with Crippen LogP contribution in [-0.2, 0) is 19.8 Å². The molecule has 1 aromatic carbocycles. The van der Waals surface area contributed by atoms with E-state index in [0.717, 1.165) is 24.8 Å². The largest absolute Gasteiger partial charge is 0.342 e. The minimum atomic E-state index is -4.02. The van der Waals surface area contributed by atoms with Gasteiger partial charge in [0.2, 0.25) is 0 Å². The van der Waals surface area contributed by atoms with Crippen molar-refractivity contribution in [3.63, 3.8) is 0 Å². The molecule has 0 unspecified atom stereocenters. The van der Waals surface area contributed by atoms with Crippen molar-refractivity contribution < 1.29 is 27.9 Å². The van der Waals surface area contributed by atoms with Crippen LogP contribution in [0.1, 0.15) is 38.2 Å². The highest BCUT2D eigenvalue weighted by Gasteiger charge is 2.06. The molecular weight excluding hydrogens is 322 g/mol. The van der Waals surface area contributed by atoms with Crippen LogP contribution >= 0.6 is 0 Å². The van der Waals surface area contributed by atoms with Gasteiger partial charge in [-0.25, -0.2) is 4.79 Å². The van der Waals surface area contributed by atoms with E-state index in [1.807, 2.05) is 27.9 Å². The van der Waals surface area contributed by atoms with Gasteiger partial charge in [-0.3, -0.25) is 4.55 Å². The number of hydrogen-bond donors (Lipinski definition) is 3. The van der Waals surface area contributed by atoms with Crippen LogP contribution in [0.5, 0.6) is 0 Å². The molecular formula is C15H27NO6S. The monoisotopic (exact) mass is 349 g/mol. The van der Waals surface area contributed by atoms with Crippen molar-refractivity contribution in [2.24, 2.45) is 0 Å². The average molecular weight is 349 g/mol. The summed E-state index contributed by atoms with van der Waals surface area (Å²) in [6.07, 6.45) is 3.20. The van der Waals surface area contributed by atoms with E-state index in [1.165, 1.54) is 12.1 Å². The number of hydrogen-bond acceptors (Lipinski definition) is 6. The first-order valence-electron chi connectivity index (χ1n) is 7.19. The smallest absolute Gasteiger partial charge is 0.323 e. The zero-order valence-electron chi connectivity index (χ0n) is 14.1. The third-order valence-electron chi connectivity index (χ3n) is 2.41. The van der Waals surface area contributed by atoms with E-state index in [1.54, 1.807) is 12.1 Å². The number of aryl methyl sites for hydroxylation is 1. The molecule has 0 aliphatic carbocycles. The van der Waals surface area contributed by atoms with Gasteiger partial charge in [-0.15, -0.1) is 0 Å². The molecule has 0 heterocycles. The van der Waals surface area contributed by atoms with Crippen molar-refractivity contribution in [1.29, 1.82) is 0 Å².